The van der Waals surface area contributed by atoms with E-state index in [1.807, 2.05) is 48.5 Å². The number of hydrogen-bond acceptors (Lipinski definition) is 4. The molecule has 0 atom stereocenters. The van der Waals surface area contributed by atoms with Crippen molar-refractivity contribution in [3.63, 3.8) is 0 Å². The third-order valence-electron chi connectivity index (χ3n) is 3.38. The monoisotopic (exact) mass is 329 g/mol. The molecule has 0 saturated heterocycles. The SMILES string of the molecule is OCCOc1ccccc1OCc1ccc(Cl)c2cccnc12. The van der Waals surface area contributed by atoms with Crippen molar-refractivity contribution in [2.45, 2.75) is 6.61 Å². The lowest BCUT2D eigenvalue weighted by Gasteiger charge is -2.13. The van der Waals surface area contributed by atoms with Crippen LogP contribution >= 0.6 is 11.6 Å². The van der Waals surface area contributed by atoms with E-state index in [-0.39, 0.29) is 13.2 Å². The fraction of sp³-hybridized carbons (Fsp3) is 0.167. The summed E-state index contributed by atoms with van der Waals surface area (Å²) >= 11 is 6.20. The van der Waals surface area contributed by atoms with Gasteiger partial charge in [0.25, 0.3) is 0 Å². The van der Waals surface area contributed by atoms with Gasteiger partial charge in [0.15, 0.2) is 11.5 Å². The van der Waals surface area contributed by atoms with Crippen LogP contribution in [-0.4, -0.2) is 23.3 Å². The van der Waals surface area contributed by atoms with E-state index in [1.165, 1.54) is 0 Å². The van der Waals surface area contributed by atoms with Gasteiger partial charge >= 0.3 is 0 Å². The van der Waals surface area contributed by atoms with E-state index in [2.05, 4.69) is 4.98 Å². The molecule has 0 aliphatic heterocycles. The predicted molar refractivity (Wildman–Crippen MR) is 90.1 cm³/mol. The van der Waals surface area contributed by atoms with Gasteiger partial charge in [0.1, 0.15) is 13.2 Å². The second-order valence-electron chi connectivity index (χ2n) is 4.91. The lowest BCUT2D eigenvalue weighted by atomic mass is 10.1. The third kappa shape index (κ3) is 3.55. The summed E-state index contributed by atoms with van der Waals surface area (Å²) in [4.78, 5) is 4.40. The van der Waals surface area contributed by atoms with E-state index >= 15 is 0 Å². The first-order chi connectivity index (χ1) is 11.3. The van der Waals surface area contributed by atoms with Gasteiger partial charge in [-0.2, -0.15) is 0 Å². The molecular formula is C18H16ClNO3. The minimum atomic E-state index is -0.0416. The fourth-order valence-electron chi connectivity index (χ4n) is 2.31. The number of fused-ring (bicyclic) bond motifs is 1. The van der Waals surface area contributed by atoms with Gasteiger partial charge in [-0.3, -0.25) is 4.98 Å². The van der Waals surface area contributed by atoms with Crippen LogP contribution in [0.1, 0.15) is 5.56 Å². The smallest absolute Gasteiger partial charge is 0.161 e. The molecule has 118 valence electrons. The zero-order valence-electron chi connectivity index (χ0n) is 12.4. The lowest BCUT2D eigenvalue weighted by molar-refractivity contribution is 0.192. The van der Waals surface area contributed by atoms with Crippen molar-refractivity contribution < 1.29 is 14.6 Å². The number of aromatic nitrogens is 1. The van der Waals surface area contributed by atoms with Gasteiger partial charge in [-0.25, -0.2) is 0 Å². The van der Waals surface area contributed by atoms with E-state index in [9.17, 15) is 0 Å². The van der Waals surface area contributed by atoms with E-state index in [0.717, 1.165) is 16.5 Å². The van der Waals surface area contributed by atoms with Crippen LogP contribution in [0.3, 0.4) is 0 Å². The van der Waals surface area contributed by atoms with Gasteiger partial charge in [0, 0.05) is 22.2 Å². The largest absolute Gasteiger partial charge is 0.487 e. The normalized spacial score (nSPS) is 10.7. The number of para-hydroxylation sites is 2. The molecule has 0 aliphatic carbocycles. The molecule has 1 N–H and O–H groups in total. The van der Waals surface area contributed by atoms with E-state index in [4.69, 9.17) is 26.2 Å². The molecule has 23 heavy (non-hydrogen) atoms. The maximum Gasteiger partial charge on any atom is 0.161 e. The third-order valence-corrected chi connectivity index (χ3v) is 3.71. The Bertz CT molecular complexity index is 807. The van der Waals surface area contributed by atoms with Crippen molar-refractivity contribution in [1.29, 1.82) is 0 Å². The van der Waals surface area contributed by atoms with E-state index in [0.29, 0.717) is 23.1 Å². The minimum absolute atomic E-state index is 0.0416. The summed E-state index contributed by atoms with van der Waals surface area (Å²) in [6.45, 7) is 0.538. The average Bonchev–Trinajstić information content (AvgIpc) is 2.60. The molecule has 4 nitrogen and oxygen atoms in total. The molecule has 0 bridgehead atoms. The fourth-order valence-corrected chi connectivity index (χ4v) is 2.53. The molecule has 3 aromatic rings. The highest BCUT2D eigenvalue weighted by molar-refractivity contribution is 6.35. The molecule has 1 heterocycles. The highest BCUT2D eigenvalue weighted by Crippen LogP contribution is 2.29. The number of pyridine rings is 1. The molecule has 0 fully saturated rings. The number of aliphatic hydroxyl groups is 1. The topological polar surface area (TPSA) is 51.6 Å². The zero-order valence-corrected chi connectivity index (χ0v) is 13.2. The van der Waals surface area contributed by atoms with Crippen LogP contribution < -0.4 is 9.47 Å². The van der Waals surface area contributed by atoms with Gasteiger partial charge in [-0.1, -0.05) is 29.8 Å². The summed E-state index contributed by atoms with van der Waals surface area (Å²) in [6.07, 6.45) is 1.74. The number of halogens is 1. The van der Waals surface area contributed by atoms with Gasteiger partial charge in [0.2, 0.25) is 0 Å². The summed E-state index contributed by atoms with van der Waals surface area (Å²) in [7, 11) is 0. The number of benzene rings is 2. The number of nitrogens with zero attached hydrogens (tertiary/aromatic N) is 1. The van der Waals surface area contributed by atoms with Crippen LogP contribution in [0.2, 0.25) is 5.02 Å². The number of aliphatic hydroxyl groups excluding tert-OH is 1. The molecule has 0 radical (unpaired) electrons. The molecule has 1 aromatic heterocycles. The van der Waals surface area contributed by atoms with Crippen molar-refractivity contribution in [1.82, 2.24) is 4.98 Å². The molecule has 0 spiro atoms. The van der Waals surface area contributed by atoms with E-state index < -0.39 is 0 Å². The Morgan fingerprint density at radius 1 is 0.957 bits per heavy atom. The maximum absolute atomic E-state index is 8.88. The maximum atomic E-state index is 8.88. The van der Waals surface area contributed by atoms with Crippen molar-refractivity contribution >= 4 is 22.5 Å². The summed E-state index contributed by atoms with van der Waals surface area (Å²) < 4.78 is 11.3. The van der Waals surface area contributed by atoms with Crippen LogP contribution in [0.25, 0.3) is 10.9 Å². The Morgan fingerprint density at radius 2 is 1.74 bits per heavy atom. The first-order valence-corrected chi connectivity index (χ1v) is 7.65. The molecule has 0 aliphatic rings. The van der Waals surface area contributed by atoms with Gasteiger partial charge in [0.05, 0.1) is 12.1 Å². The van der Waals surface area contributed by atoms with Gasteiger partial charge in [-0.15, -0.1) is 0 Å². The van der Waals surface area contributed by atoms with Crippen molar-refractivity contribution in [2.24, 2.45) is 0 Å². The summed E-state index contributed by atoms with van der Waals surface area (Å²) in [5.41, 5.74) is 1.77. The number of ether oxygens (including phenoxy) is 2. The number of rotatable bonds is 6. The Morgan fingerprint density at radius 3 is 2.52 bits per heavy atom. The molecule has 3 rings (SSSR count). The Kier molecular flexibility index (Phi) is 4.95. The lowest BCUT2D eigenvalue weighted by Crippen LogP contribution is -2.04. The van der Waals surface area contributed by atoms with Crippen molar-refractivity contribution in [3.05, 3.63) is 65.3 Å². The Labute approximate surface area is 139 Å². The molecule has 2 aromatic carbocycles. The van der Waals surface area contributed by atoms with Crippen LogP contribution in [0, 0.1) is 0 Å². The molecule has 0 saturated carbocycles. The van der Waals surface area contributed by atoms with Crippen molar-refractivity contribution in [2.75, 3.05) is 13.2 Å². The Hall–Kier alpha value is -2.30. The van der Waals surface area contributed by atoms with E-state index in [1.54, 1.807) is 6.20 Å². The van der Waals surface area contributed by atoms with Crippen LogP contribution in [0.15, 0.2) is 54.7 Å². The highest BCUT2D eigenvalue weighted by Gasteiger charge is 2.09. The standard InChI is InChI=1S/C18H16ClNO3/c19-15-8-7-13(18-14(15)4-3-9-20-18)12-23-17-6-2-1-5-16(17)22-11-10-21/h1-9,21H,10-12H2. The van der Waals surface area contributed by atoms with Crippen LogP contribution in [0.5, 0.6) is 11.5 Å². The molecule has 5 heteroatoms. The zero-order chi connectivity index (χ0) is 16.1. The number of hydrogen-bond donors (Lipinski definition) is 1. The summed E-state index contributed by atoms with van der Waals surface area (Å²) in [5, 5.41) is 10.5. The van der Waals surface area contributed by atoms with Gasteiger partial charge < -0.3 is 14.6 Å². The average molecular weight is 330 g/mol. The van der Waals surface area contributed by atoms with Crippen LogP contribution in [0.4, 0.5) is 0 Å². The molecule has 0 amide bonds. The second kappa shape index (κ2) is 7.31. The minimum Gasteiger partial charge on any atom is -0.487 e. The molecule has 0 unspecified atom stereocenters. The second-order valence-corrected chi connectivity index (χ2v) is 5.32. The highest BCUT2D eigenvalue weighted by atomic mass is 35.5. The molecular weight excluding hydrogens is 314 g/mol. The first-order valence-electron chi connectivity index (χ1n) is 7.27. The van der Waals surface area contributed by atoms with Crippen LogP contribution in [-0.2, 0) is 6.61 Å². The summed E-state index contributed by atoms with van der Waals surface area (Å²) in [6, 6.07) is 14.9. The quantitative estimate of drug-likeness (QED) is 0.746. The predicted octanol–water partition coefficient (Wildman–Crippen LogP) is 3.84. The Balaban J connectivity index is 1.83. The summed E-state index contributed by atoms with van der Waals surface area (Å²) in [5.74, 6) is 1.23. The van der Waals surface area contributed by atoms with Gasteiger partial charge in [-0.05, 0) is 30.3 Å². The van der Waals surface area contributed by atoms with Crippen molar-refractivity contribution in [3.8, 4) is 11.5 Å². The first kappa shape index (κ1) is 15.6.